The van der Waals surface area contributed by atoms with Crippen molar-refractivity contribution >= 4 is 26.6 Å². The maximum absolute atomic E-state index is 12.5. The van der Waals surface area contributed by atoms with E-state index in [9.17, 15) is 8.42 Å². The van der Waals surface area contributed by atoms with Crippen molar-refractivity contribution in [1.29, 1.82) is 0 Å². The highest BCUT2D eigenvalue weighted by atomic mass is 32.2. The van der Waals surface area contributed by atoms with Crippen LogP contribution in [0.1, 0.15) is 12.5 Å². The molecule has 6 nitrogen and oxygen atoms in total. The minimum absolute atomic E-state index is 0.216. The van der Waals surface area contributed by atoms with E-state index in [0.717, 1.165) is 5.56 Å². The molecule has 1 aromatic heterocycles. The lowest BCUT2D eigenvalue weighted by Crippen LogP contribution is -2.13. The maximum Gasteiger partial charge on any atom is 0.261 e. The zero-order chi connectivity index (χ0) is 16.4. The summed E-state index contributed by atoms with van der Waals surface area (Å²) in [5.74, 6) is 0.637. The normalized spacial score (nSPS) is 11.6. The van der Waals surface area contributed by atoms with Gasteiger partial charge in [-0.05, 0) is 38.1 Å². The van der Waals surface area contributed by atoms with E-state index in [1.807, 2.05) is 13.8 Å². The topological polar surface area (TPSA) is 84.1 Å². The van der Waals surface area contributed by atoms with E-state index in [-0.39, 0.29) is 4.90 Å². The van der Waals surface area contributed by atoms with E-state index in [0.29, 0.717) is 28.9 Å². The Kier molecular flexibility index (Phi) is 3.96. The smallest absolute Gasteiger partial charge is 0.261 e. The van der Waals surface area contributed by atoms with Gasteiger partial charge < -0.3 is 4.74 Å². The highest BCUT2D eigenvalue weighted by Crippen LogP contribution is 2.31. The second kappa shape index (κ2) is 5.92. The zero-order valence-corrected chi connectivity index (χ0v) is 13.6. The molecule has 0 fully saturated rings. The van der Waals surface area contributed by atoms with Crippen molar-refractivity contribution in [3.05, 3.63) is 48.2 Å². The predicted octanol–water partition coefficient (Wildman–Crippen LogP) is 3.07. The minimum Gasteiger partial charge on any atom is -0.492 e. The number of sulfonamides is 1. The van der Waals surface area contributed by atoms with E-state index in [1.54, 1.807) is 42.6 Å². The van der Waals surface area contributed by atoms with Gasteiger partial charge in [-0.15, -0.1) is 0 Å². The van der Waals surface area contributed by atoms with E-state index in [2.05, 4.69) is 14.9 Å². The molecule has 0 spiro atoms. The summed E-state index contributed by atoms with van der Waals surface area (Å²) in [6.07, 6.45) is 1.57. The van der Waals surface area contributed by atoms with Crippen LogP contribution in [0.5, 0.6) is 5.75 Å². The second-order valence-electron chi connectivity index (χ2n) is 5.12. The lowest BCUT2D eigenvalue weighted by atomic mass is 10.2. The number of aromatic amines is 1. The predicted molar refractivity (Wildman–Crippen MR) is 89.3 cm³/mol. The molecular weight excluding hydrogens is 314 g/mol. The first-order valence-corrected chi connectivity index (χ1v) is 8.68. The fourth-order valence-corrected chi connectivity index (χ4v) is 3.38. The zero-order valence-electron chi connectivity index (χ0n) is 12.8. The van der Waals surface area contributed by atoms with Crippen molar-refractivity contribution in [3.8, 4) is 5.75 Å². The van der Waals surface area contributed by atoms with Crippen LogP contribution in [0.3, 0.4) is 0 Å². The lowest BCUT2D eigenvalue weighted by Gasteiger charge is -2.11. The molecule has 7 heteroatoms. The van der Waals surface area contributed by atoms with Gasteiger partial charge in [-0.3, -0.25) is 9.82 Å². The van der Waals surface area contributed by atoms with Crippen LogP contribution in [0.4, 0.5) is 5.69 Å². The van der Waals surface area contributed by atoms with Gasteiger partial charge in [0.15, 0.2) is 0 Å². The van der Waals surface area contributed by atoms with Crippen molar-refractivity contribution in [1.82, 2.24) is 10.2 Å². The number of rotatable bonds is 5. The number of hydrogen-bond acceptors (Lipinski definition) is 4. The molecule has 0 unspecified atom stereocenters. The van der Waals surface area contributed by atoms with Crippen LogP contribution in [-0.2, 0) is 10.0 Å². The molecule has 0 atom stereocenters. The molecule has 0 bridgehead atoms. The highest BCUT2D eigenvalue weighted by molar-refractivity contribution is 7.92. The standard InChI is InChI=1S/C16H17N3O3S/c1-3-22-15-9-8-14(13-10-17-18-16(13)15)19-23(20,21)12-6-4-11(2)5-7-12/h4-10,19H,3H2,1-2H3,(H,17,18). The summed E-state index contributed by atoms with van der Waals surface area (Å²) in [7, 11) is -3.66. The number of hydrogen-bond donors (Lipinski definition) is 2. The average Bonchev–Trinajstić information content (AvgIpc) is 3.00. The van der Waals surface area contributed by atoms with Crippen LogP contribution >= 0.6 is 0 Å². The van der Waals surface area contributed by atoms with Gasteiger partial charge in [0, 0.05) is 5.39 Å². The first-order chi connectivity index (χ1) is 11.0. The van der Waals surface area contributed by atoms with Crippen molar-refractivity contribution in [2.24, 2.45) is 0 Å². The number of ether oxygens (including phenoxy) is 1. The first-order valence-electron chi connectivity index (χ1n) is 7.19. The minimum atomic E-state index is -3.66. The summed E-state index contributed by atoms with van der Waals surface area (Å²) in [5.41, 5.74) is 2.12. The molecule has 120 valence electrons. The fourth-order valence-electron chi connectivity index (χ4n) is 2.30. The van der Waals surface area contributed by atoms with Crippen LogP contribution in [-0.4, -0.2) is 25.2 Å². The molecule has 0 saturated carbocycles. The molecule has 23 heavy (non-hydrogen) atoms. The Balaban J connectivity index is 2.00. The molecule has 3 aromatic rings. The highest BCUT2D eigenvalue weighted by Gasteiger charge is 2.17. The Morgan fingerprint density at radius 3 is 2.61 bits per heavy atom. The lowest BCUT2D eigenvalue weighted by molar-refractivity contribution is 0.343. The number of benzene rings is 2. The number of nitrogens with zero attached hydrogens (tertiary/aromatic N) is 1. The fraction of sp³-hybridized carbons (Fsp3) is 0.188. The Bertz CT molecular complexity index is 931. The quantitative estimate of drug-likeness (QED) is 0.752. The molecular formula is C16H17N3O3S. The van der Waals surface area contributed by atoms with E-state index >= 15 is 0 Å². The largest absolute Gasteiger partial charge is 0.492 e. The third kappa shape index (κ3) is 3.00. The average molecular weight is 331 g/mol. The van der Waals surface area contributed by atoms with Crippen LogP contribution in [0.2, 0.25) is 0 Å². The van der Waals surface area contributed by atoms with Gasteiger partial charge in [-0.25, -0.2) is 8.42 Å². The summed E-state index contributed by atoms with van der Waals surface area (Å²) in [6.45, 7) is 4.31. The van der Waals surface area contributed by atoms with Gasteiger partial charge in [-0.1, -0.05) is 17.7 Å². The SMILES string of the molecule is CCOc1ccc(NS(=O)(=O)c2ccc(C)cc2)c2cn[nH]c12. The van der Waals surface area contributed by atoms with Gasteiger partial charge >= 0.3 is 0 Å². The Labute approximate surface area is 134 Å². The molecule has 0 radical (unpaired) electrons. The Morgan fingerprint density at radius 1 is 1.17 bits per heavy atom. The summed E-state index contributed by atoms with van der Waals surface area (Å²) in [4.78, 5) is 0.216. The number of H-pyrrole nitrogens is 1. The Hall–Kier alpha value is -2.54. The van der Waals surface area contributed by atoms with Crippen molar-refractivity contribution in [2.75, 3.05) is 11.3 Å². The molecule has 0 aliphatic carbocycles. The van der Waals surface area contributed by atoms with E-state index in [4.69, 9.17) is 4.74 Å². The van der Waals surface area contributed by atoms with Crippen LogP contribution < -0.4 is 9.46 Å². The molecule has 2 N–H and O–H groups in total. The monoisotopic (exact) mass is 331 g/mol. The number of aryl methyl sites for hydroxylation is 1. The number of fused-ring (bicyclic) bond motifs is 1. The molecule has 0 aliphatic rings. The number of anilines is 1. The van der Waals surface area contributed by atoms with Crippen LogP contribution in [0, 0.1) is 6.92 Å². The summed E-state index contributed by atoms with van der Waals surface area (Å²) in [6, 6.07) is 10.1. The first kappa shape index (κ1) is 15.4. The second-order valence-corrected chi connectivity index (χ2v) is 6.80. The molecule has 2 aromatic carbocycles. The maximum atomic E-state index is 12.5. The Morgan fingerprint density at radius 2 is 1.91 bits per heavy atom. The van der Waals surface area contributed by atoms with E-state index < -0.39 is 10.0 Å². The molecule has 3 rings (SSSR count). The van der Waals surface area contributed by atoms with Gasteiger partial charge in [-0.2, -0.15) is 5.10 Å². The van der Waals surface area contributed by atoms with Gasteiger partial charge in [0.25, 0.3) is 10.0 Å². The van der Waals surface area contributed by atoms with E-state index in [1.165, 1.54) is 0 Å². The summed E-state index contributed by atoms with van der Waals surface area (Å²) in [5, 5.41) is 7.47. The van der Waals surface area contributed by atoms with Gasteiger partial charge in [0.05, 0.1) is 23.4 Å². The van der Waals surface area contributed by atoms with Crippen LogP contribution in [0.25, 0.3) is 10.9 Å². The number of aromatic nitrogens is 2. The van der Waals surface area contributed by atoms with Gasteiger partial charge in [0.1, 0.15) is 11.3 Å². The molecule has 1 heterocycles. The summed E-state index contributed by atoms with van der Waals surface area (Å²) < 4.78 is 33.2. The molecule has 0 saturated heterocycles. The van der Waals surface area contributed by atoms with Crippen LogP contribution in [0.15, 0.2) is 47.5 Å². The summed E-state index contributed by atoms with van der Waals surface area (Å²) >= 11 is 0. The van der Waals surface area contributed by atoms with Gasteiger partial charge in [0.2, 0.25) is 0 Å². The third-order valence-electron chi connectivity index (χ3n) is 3.45. The van der Waals surface area contributed by atoms with Crippen molar-refractivity contribution < 1.29 is 13.2 Å². The number of nitrogens with one attached hydrogen (secondary N) is 2. The third-order valence-corrected chi connectivity index (χ3v) is 4.83. The van der Waals surface area contributed by atoms with Crippen molar-refractivity contribution in [3.63, 3.8) is 0 Å². The molecule has 0 amide bonds. The van der Waals surface area contributed by atoms with Crippen molar-refractivity contribution in [2.45, 2.75) is 18.7 Å². The molecule has 0 aliphatic heterocycles.